The van der Waals surface area contributed by atoms with Gasteiger partial charge in [-0.1, -0.05) is 0 Å². The number of hydrogen-bond donors (Lipinski definition) is 1. The fourth-order valence-corrected chi connectivity index (χ4v) is 3.03. The zero-order valence-corrected chi connectivity index (χ0v) is 12.6. The highest BCUT2D eigenvalue weighted by Crippen LogP contribution is 2.31. The lowest BCUT2D eigenvalue weighted by atomic mass is 10.2. The van der Waals surface area contributed by atoms with E-state index in [2.05, 4.69) is 26.3 Å². The van der Waals surface area contributed by atoms with Crippen molar-refractivity contribution in [2.45, 2.75) is 12.8 Å². The lowest BCUT2D eigenvalue weighted by Crippen LogP contribution is -1.99. The molecule has 0 radical (unpaired) electrons. The summed E-state index contributed by atoms with van der Waals surface area (Å²) in [6, 6.07) is 5.99. The SMILES string of the molecule is COc1ccc(-c2csc(CCCN)n2)cc1Br. The smallest absolute Gasteiger partial charge is 0.133 e. The molecule has 0 saturated heterocycles. The predicted octanol–water partition coefficient (Wildman–Crippen LogP) is 3.47. The highest BCUT2D eigenvalue weighted by Gasteiger charge is 2.07. The van der Waals surface area contributed by atoms with E-state index >= 15 is 0 Å². The number of nitrogens with two attached hydrogens (primary N) is 1. The molecule has 0 spiro atoms. The summed E-state index contributed by atoms with van der Waals surface area (Å²) in [5.41, 5.74) is 7.61. The lowest BCUT2D eigenvalue weighted by Gasteiger charge is -2.04. The molecule has 0 amide bonds. The van der Waals surface area contributed by atoms with Gasteiger partial charge in [0.2, 0.25) is 0 Å². The molecule has 0 aliphatic carbocycles. The average Bonchev–Trinajstić information content (AvgIpc) is 2.85. The Kier molecular flexibility index (Phi) is 4.74. The molecule has 0 unspecified atom stereocenters. The van der Waals surface area contributed by atoms with Gasteiger partial charge in [-0.05, 0) is 47.1 Å². The quantitative estimate of drug-likeness (QED) is 0.915. The van der Waals surface area contributed by atoms with E-state index in [4.69, 9.17) is 10.5 Å². The summed E-state index contributed by atoms with van der Waals surface area (Å²) in [7, 11) is 1.66. The van der Waals surface area contributed by atoms with Crippen LogP contribution in [0.3, 0.4) is 0 Å². The third kappa shape index (κ3) is 3.10. The first-order chi connectivity index (χ1) is 8.74. The van der Waals surface area contributed by atoms with Crippen molar-refractivity contribution in [3.05, 3.63) is 33.1 Å². The van der Waals surface area contributed by atoms with Gasteiger partial charge in [-0.3, -0.25) is 0 Å². The molecular formula is C13H15BrN2OS. The van der Waals surface area contributed by atoms with E-state index < -0.39 is 0 Å². The Bertz CT molecular complexity index is 527. The molecule has 0 saturated carbocycles. The second kappa shape index (κ2) is 6.31. The molecule has 2 rings (SSSR count). The van der Waals surface area contributed by atoms with E-state index in [1.807, 2.05) is 18.2 Å². The largest absolute Gasteiger partial charge is 0.496 e. The van der Waals surface area contributed by atoms with Crippen molar-refractivity contribution < 1.29 is 4.74 Å². The molecular weight excluding hydrogens is 312 g/mol. The van der Waals surface area contributed by atoms with Gasteiger partial charge in [0.15, 0.2) is 0 Å². The monoisotopic (exact) mass is 326 g/mol. The normalized spacial score (nSPS) is 10.6. The Morgan fingerprint density at radius 2 is 2.28 bits per heavy atom. The average molecular weight is 327 g/mol. The summed E-state index contributed by atoms with van der Waals surface area (Å²) in [5.74, 6) is 0.831. The number of benzene rings is 1. The van der Waals surface area contributed by atoms with Gasteiger partial charge in [0.1, 0.15) is 5.75 Å². The van der Waals surface area contributed by atoms with Crippen molar-refractivity contribution in [3.63, 3.8) is 0 Å². The van der Waals surface area contributed by atoms with Crippen molar-refractivity contribution in [2.24, 2.45) is 5.73 Å². The lowest BCUT2D eigenvalue weighted by molar-refractivity contribution is 0.412. The fourth-order valence-electron chi connectivity index (χ4n) is 1.64. The minimum absolute atomic E-state index is 0.711. The van der Waals surface area contributed by atoms with Crippen LogP contribution in [0.1, 0.15) is 11.4 Å². The van der Waals surface area contributed by atoms with Crippen molar-refractivity contribution in [1.82, 2.24) is 4.98 Å². The van der Waals surface area contributed by atoms with E-state index in [-0.39, 0.29) is 0 Å². The Balaban J connectivity index is 2.20. The Morgan fingerprint density at radius 1 is 1.44 bits per heavy atom. The van der Waals surface area contributed by atoms with Crippen LogP contribution in [0.2, 0.25) is 0 Å². The molecule has 3 nitrogen and oxygen atoms in total. The number of nitrogens with zero attached hydrogens (tertiary/aromatic N) is 1. The fraction of sp³-hybridized carbons (Fsp3) is 0.308. The number of ether oxygens (including phenoxy) is 1. The number of aromatic nitrogens is 1. The molecule has 1 aromatic heterocycles. The van der Waals surface area contributed by atoms with Crippen molar-refractivity contribution in [1.29, 1.82) is 0 Å². The van der Waals surface area contributed by atoms with E-state index in [1.54, 1.807) is 18.4 Å². The van der Waals surface area contributed by atoms with E-state index in [9.17, 15) is 0 Å². The van der Waals surface area contributed by atoms with Crippen molar-refractivity contribution in [2.75, 3.05) is 13.7 Å². The maximum atomic E-state index is 5.50. The van der Waals surface area contributed by atoms with Gasteiger partial charge in [0.05, 0.1) is 22.3 Å². The van der Waals surface area contributed by atoms with Crippen LogP contribution >= 0.6 is 27.3 Å². The molecule has 0 aliphatic rings. The van der Waals surface area contributed by atoms with E-state index in [0.717, 1.165) is 39.3 Å². The van der Waals surface area contributed by atoms with Gasteiger partial charge < -0.3 is 10.5 Å². The number of halogens is 1. The minimum Gasteiger partial charge on any atom is -0.496 e. The number of aryl methyl sites for hydroxylation is 1. The topological polar surface area (TPSA) is 48.1 Å². The van der Waals surface area contributed by atoms with E-state index in [1.165, 1.54) is 0 Å². The van der Waals surface area contributed by atoms with Crippen LogP contribution in [0.25, 0.3) is 11.3 Å². The predicted molar refractivity (Wildman–Crippen MR) is 79.2 cm³/mol. The van der Waals surface area contributed by atoms with Crippen molar-refractivity contribution >= 4 is 27.3 Å². The van der Waals surface area contributed by atoms with Crippen LogP contribution in [-0.4, -0.2) is 18.6 Å². The van der Waals surface area contributed by atoms with Gasteiger partial charge in [0.25, 0.3) is 0 Å². The first-order valence-corrected chi connectivity index (χ1v) is 7.40. The summed E-state index contributed by atoms with van der Waals surface area (Å²) < 4.78 is 6.16. The maximum absolute atomic E-state index is 5.50. The first-order valence-electron chi connectivity index (χ1n) is 5.73. The van der Waals surface area contributed by atoms with Crippen LogP contribution in [0.4, 0.5) is 0 Å². The molecule has 0 aliphatic heterocycles. The van der Waals surface area contributed by atoms with Crippen molar-refractivity contribution in [3.8, 4) is 17.0 Å². The molecule has 1 heterocycles. The van der Waals surface area contributed by atoms with Crippen LogP contribution in [-0.2, 0) is 6.42 Å². The summed E-state index contributed by atoms with van der Waals surface area (Å²) >= 11 is 5.17. The number of rotatable bonds is 5. The van der Waals surface area contributed by atoms with Gasteiger partial charge >= 0.3 is 0 Å². The van der Waals surface area contributed by atoms with Gasteiger partial charge in [0, 0.05) is 17.4 Å². The summed E-state index contributed by atoms with van der Waals surface area (Å²) in [4.78, 5) is 4.62. The van der Waals surface area contributed by atoms with Gasteiger partial charge in [-0.2, -0.15) is 0 Å². The number of hydrogen-bond acceptors (Lipinski definition) is 4. The second-order valence-corrected chi connectivity index (χ2v) is 5.67. The molecule has 0 bridgehead atoms. The second-order valence-electron chi connectivity index (χ2n) is 3.87. The summed E-state index contributed by atoms with van der Waals surface area (Å²) in [6.07, 6.45) is 1.94. The third-order valence-corrected chi connectivity index (χ3v) is 4.12. The van der Waals surface area contributed by atoms with Gasteiger partial charge in [-0.25, -0.2) is 4.98 Å². The van der Waals surface area contributed by atoms with Crippen LogP contribution in [0.15, 0.2) is 28.1 Å². The minimum atomic E-state index is 0.711. The third-order valence-electron chi connectivity index (χ3n) is 2.59. The zero-order valence-electron chi connectivity index (χ0n) is 10.1. The molecule has 2 aromatic rings. The number of thiazole rings is 1. The molecule has 2 N–H and O–H groups in total. The molecule has 96 valence electrons. The highest BCUT2D eigenvalue weighted by atomic mass is 79.9. The molecule has 0 fully saturated rings. The highest BCUT2D eigenvalue weighted by molar-refractivity contribution is 9.10. The van der Waals surface area contributed by atoms with E-state index in [0.29, 0.717) is 6.54 Å². The van der Waals surface area contributed by atoms with Gasteiger partial charge in [-0.15, -0.1) is 11.3 Å². The van der Waals surface area contributed by atoms with Crippen LogP contribution in [0.5, 0.6) is 5.75 Å². The van der Waals surface area contributed by atoms with Crippen LogP contribution < -0.4 is 10.5 Å². The molecule has 5 heteroatoms. The number of methoxy groups -OCH3 is 1. The standard InChI is InChI=1S/C13H15BrN2OS/c1-17-12-5-4-9(7-10(12)14)11-8-18-13(16-11)3-2-6-15/h4-5,7-8H,2-3,6,15H2,1H3. The maximum Gasteiger partial charge on any atom is 0.133 e. The molecule has 0 atom stereocenters. The first kappa shape index (κ1) is 13.5. The van der Waals surface area contributed by atoms with Crippen LogP contribution in [0, 0.1) is 0 Å². The Morgan fingerprint density at radius 3 is 2.94 bits per heavy atom. The molecule has 18 heavy (non-hydrogen) atoms. The summed E-state index contributed by atoms with van der Waals surface area (Å²) in [6.45, 7) is 0.711. The Labute approximate surface area is 119 Å². The summed E-state index contributed by atoms with van der Waals surface area (Å²) in [5, 5.41) is 3.22. The zero-order chi connectivity index (χ0) is 13.0. The Hall–Kier alpha value is -0.910. The molecule has 1 aromatic carbocycles.